The lowest BCUT2D eigenvalue weighted by atomic mass is 10.2. The summed E-state index contributed by atoms with van der Waals surface area (Å²) in [5, 5.41) is 8.91. The largest absolute Gasteiger partial charge is 0.391 e. The first-order valence-corrected chi connectivity index (χ1v) is 8.22. The number of aliphatic hydroxyl groups is 1. The van der Waals surface area contributed by atoms with Crippen molar-refractivity contribution < 1.29 is 18.3 Å². The highest BCUT2D eigenvalue weighted by Gasteiger charge is 2.19. The predicted molar refractivity (Wildman–Crippen MR) is 69.0 cm³/mol. The van der Waals surface area contributed by atoms with Crippen molar-refractivity contribution in [3.05, 3.63) is 17.0 Å². The van der Waals surface area contributed by atoms with Crippen LogP contribution in [0.2, 0.25) is 0 Å². The van der Waals surface area contributed by atoms with Crippen molar-refractivity contribution in [2.24, 2.45) is 0 Å². The summed E-state index contributed by atoms with van der Waals surface area (Å²) in [5.74, 6) is 0. The summed E-state index contributed by atoms with van der Waals surface area (Å²) in [6.45, 7) is 1.04. The first kappa shape index (κ1) is 14.0. The van der Waals surface area contributed by atoms with Crippen molar-refractivity contribution in [2.45, 2.75) is 36.2 Å². The lowest BCUT2D eigenvalue weighted by Crippen LogP contribution is -2.26. The molecular formula is C11H17NO4S2. The summed E-state index contributed by atoms with van der Waals surface area (Å²) >= 11 is 1.09. The van der Waals surface area contributed by atoms with E-state index in [0.717, 1.165) is 30.8 Å². The molecule has 1 unspecified atom stereocenters. The number of ether oxygens (including phenoxy) is 1. The van der Waals surface area contributed by atoms with E-state index in [9.17, 15) is 8.42 Å². The Bertz CT molecular complexity index is 477. The van der Waals surface area contributed by atoms with Gasteiger partial charge in [-0.15, -0.1) is 11.3 Å². The molecule has 5 nitrogen and oxygen atoms in total. The monoisotopic (exact) mass is 291 g/mol. The van der Waals surface area contributed by atoms with Crippen molar-refractivity contribution in [3.63, 3.8) is 0 Å². The Kier molecular flexibility index (Phi) is 4.74. The minimum Gasteiger partial charge on any atom is -0.391 e. The minimum absolute atomic E-state index is 0.129. The average Bonchev–Trinajstić information content (AvgIpc) is 2.99. The molecule has 2 heterocycles. The van der Waals surface area contributed by atoms with E-state index in [4.69, 9.17) is 9.84 Å². The van der Waals surface area contributed by atoms with Gasteiger partial charge in [0.1, 0.15) is 4.21 Å². The summed E-state index contributed by atoms with van der Waals surface area (Å²) < 4.78 is 32.1. The molecule has 1 saturated heterocycles. The number of hydrogen-bond acceptors (Lipinski definition) is 5. The molecule has 1 aliphatic rings. The van der Waals surface area contributed by atoms with E-state index in [1.807, 2.05) is 0 Å². The van der Waals surface area contributed by atoms with E-state index >= 15 is 0 Å². The second-order valence-corrected chi connectivity index (χ2v) is 7.36. The van der Waals surface area contributed by atoms with Crippen LogP contribution in [0.4, 0.5) is 0 Å². The fourth-order valence-electron chi connectivity index (χ4n) is 1.89. The van der Waals surface area contributed by atoms with E-state index < -0.39 is 10.0 Å². The van der Waals surface area contributed by atoms with Gasteiger partial charge in [0, 0.05) is 18.0 Å². The van der Waals surface area contributed by atoms with Gasteiger partial charge >= 0.3 is 0 Å². The van der Waals surface area contributed by atoms with Gasteiger partial charge in [0.25, 0.3) is 0 Å². The first-order chi connectivity index (χ1) is 8.62. The van der Waals surface area contributed by atoms with Crippen LogP contribution < -0.4 is 4.72 Å². The SMILES string of the molecule is O=S(=O)(NCCC1CCCO1)c1ccc(CO)s1. The molecule has 0 amide bonds. The molecule has 1 aliphatic heterocycles. The van der Waals surface area contributed by atoms with Crippen LogP contribution in [0.5, 0.6) is 0 Å². The number of rotatable bonds is 6. The van der Waals surface area contributed by atoms with Gasteiger partial charge in [0.05, 0.1) is 12.7 Å². The molecule has 7 heteroatoms. The van der Waals surface area contributed by atoms with Crippen molar-refractivity contribution in [3.8, 4) is 0 Å². The third-order valence-corrected chi connectivity index (χ3v) is 5.86. The van der Waals surface area contributed by atoms with Crippen LogP contribution in [0.15, 0.2) is 16.3 Å². The van der Waals surface area contributed by atoms with Crippen molar-refractivity contribution >= 4 is 21.4 Å². The number of hydrogen-bond donors (Lipinski definition) is 2. The molecule has 18 heavy (non-hydrogen) atoms. The zero-order valence-electron chi connectivity index (χ0n) is 9.96. The molecule has 0 radical (unpaired) electrons. The summed E-state index contributed by atoms with van der Waals surface area (Å²) in [4.78, 5) is 0.648. The molecule has 1 aromatic heterocycles. The molecule has 0 aromatic carbocycles. The third kappa shape index (κ3) is 3.52. The summed E-state index contributed by atoms with van der Waals surface area (Å²) in [6, 6.07) is 3.14. The van der Waals surface area contributed by atoms with Crippen LogP contribution in [-0.2, 0) is 21.4 Å². The highest BCUT2D eigenvalue weighted by Crippen LogP contribution is 2.21. The maximum absolute atomic E-state index is 11.9. The summed E-state index contributed by atoms with van der Waals surface area (Å²) in [7, 11) is -3.44. The summed E-state index contributed by atoms with van der Waals surface area (Å²) in [6.07, 6.45) is 2.96. The number of nitrogens with one attached hydrogen (secondary N) is 1. The van der Waals surface area contributed by atoms with Gasteiger partial charge in [-0.2, -0.15) is 0 Å². The zero-order chi connectivity index (χ0) is 13.0. The van der Waals surface area contributed by atoms with Crippen molar-refractivity contribution in [1.82, 2.24) is 4.72 Å². The van der Waals surface area contributed by atoms with Gasteiger partial charge in [0.15, 0.2) is 0 Å². The number of thiophene rings is 1. The van der Waals surface area contributed by atoms with E-state index in [2.05, 4.69) is 4.72 Å². The van der Waals surface area contributed by atoms with Gasteiger partial charge in [-0.3, -0.25) is 0 Å². The number of sulfonamides is 1. The van der Waals surface area contributed by atoms with Crippen LogP contribution in [0.25, 0.3) is 0 Å². The average molecular weight is 291 g/mol. The molecule has 1 aromatic rings. The Morgan fingerprint density at radius 2 is 2.33 bits per heavy atom. The van der Waals surface area contributed by atoms with Gasteiger partial charge < -0.3 is 9.84 Å². The normalized spacial score (nSPS) is 20.4. The first-order valence-electron chi connectivity index (χ1n) is 5.92. The molecule has 0 spiro atoms. The standard InChI is InChI=1S/C11H17NO4S2/c13-8-10-3-4-11(17-10)18(14,15)12-6-5-9-2-1-7-16-9/h3-4,9,12-13H,1-2,5-8H2. The second kappa shape index (κ2) is 6.12. The Hall–Kier alpha value is -0.470. The quantitative estimate of drug-likeness (QED) is 0.822. The topological polar surface area (TPSA) is 75.6 Å². The molecular weight excluding hydrogens is 274 g/mol. The Morgan fingerprint density at radius 1 is 1.50 bits per heavy atom. The van der Waals surface area contributed by atoms with E-state index in [1.54, 1.807) is 6.07 Å². The number of aliphatic hydroxyl groups excluding tert-OH is 1. The highest BCUT2D eigenvalue weighted by molar-refractivity contribution is 7.91. The molecule has 102 valence electrons. The molecule has 2 rings (SSSR count). The van der Waals surface area contributed by atoms with Crippen molar-refractivity contribution in [1.29, 1.82) is 0 Å². The minimum atomic E-state index is -3.44. The van der Waals surface area contributed by atoms with Crippen LogP contribution in [0.1, 0.15) is 24.1 Å². The molecule has 0 saturated carbocycles. The summed E-state index contributed by atoms with van der Waals surface area (Å²) in [5.41, 5.74) is 0. The Balaban J connectivity index is 1.86. The van der Waals surface area contributed by atoms with Crippen LogP contribution in [0.3, 0.4) is 0 Å². The van der Waals surface area contributed by atoms with E-state index in [1.165, 1.54) is 6.07 Å². The third-order valence-electron chi connectivity index (χ3n) is 2.84. The fraction of sp³-hybridized carbons (Fsp3) is 0.636. The molecule has 2 N–H and O–H groups in total. The molecule has 1 fully saturated rings. The van der Waals surface area contributed by atoms with Crippen molar-refractivity contribution in [2.75, 3.05) is 13.2 Å². The lowest BCUT2D eigenvalue weighted by Gasteiger charge is -2.09. The highest BCUT2D eigenvalue weighted by atomic mass is 32.2. The van der Waals surface area contributed by atoms with Crippen LogP contribution in [0, 0.1) is 0 Å². The second-order valence-electron chi connectivity index (χ2n) is 4.20. The van der Waals surface area contributed by atoms with Gasteiger partial charge in [-0.1, -0.05) is 0 Å². The van der Waals surface area contributed by atoms with E-state index in [-0.39, 0.29) is 16.9 Å². The Morgan fingerprint density at radius 3 is 2.94 bits per heavy atom. The maximum Gasteiger partial charge on any atom is 0.250 e. The molecule has 0 aliphatic carbocycles. The van der Waals surface area contributed by atoms with Gasteiger partial charge in [0.2, 0.25) is 10.0 Å². The van der Waals surface area contributed by atoms with Crippen LogP contribution >= 0.6 is 11.3 Å². The van der Waals surface area contributed by atoms with Crippen LogP contribution in [-0.4, -0.2) is 32.8 Å². The maximum atomic E-state index is 11.9. The smallest absolute Gasteiger partial charge is 0.250 e. The van der Waals surface area contributed by atoms with Gasteiger partial charge in [-0.05, 0) is 31.4 Å². The molecule has 1 atom stereocenters. The van der Waals surface area contributed by atoms with Gasteiger partial charge in [-0.25, -0.2) is 13.1 Å². The Labute approximate surface area is 111 Å². The molecule has 0 bridgehead atoms. The fourth-order valence-corrected chi connectivity index (χ4v) is 4.19. The lowest BCUT2D eigenvalue weighted by molar-refractivity contribution is 0.105. The van der Waals surface area contributed by atoms with E-state index in [0.29, 0.717) is 17.8 Å². The predicted octanol–water partition coefficient (Wildman–Crippen LogP) is 1.09. The zero-order valence-corrected chi connectivity index (χ0v) is 11.6.